The molecule has 0 bridgehead atoms. The molecule has 1 fully saturated rings. The zero-order valence-electron chi connectivity index (χ0n) is 13.1. The smallest absolute Gasteiger partial charge is 0.248 e. The fraction of sp³-hybridized carbons (Fsp3) is 0.857. The average molecular weight is 300 g/mol. The maximum Gasteiger partial charge on any atom is 0.248 e. The van der Waals surface area contributed by atoms with Crippen molar-refractivity contribution < 1.29 is 14.7 Å². The Morgan fingerprint density at radius 1 is 1.29 bits per heavy atom. The van der Waals surface area contributed by atoms with E-state index in [9.17, 15) is 4.79 Å². The molecule has 0 radical (unpaired) electrons. The molecule has 1 aliphatic rings. The van der Waals surface area contributed by atoms with Crippen LogP contribution in [0, 0.1) is 0 Å². The van der Waals surface area contributed by atoms with Crippen LogP contribution in [-0.4, -0.2) is 72.2 Å². The highest BCUT2D eigenvalue weighted by Gasteiger charge is 2.27. The number of rotatable bonds is 8. The van der Waals surface area contributed by atoms with E-state index in [0.29, 0.717) is 19.7 Å². The van der Waals surface area contributed by atoms with Crippen LogP contribution in [0.1, 0.15) is 33.1 Å². The van der Waals surface area contributed by atoms with Crippen LogP contribution in [0.4, 0.5) is 0 Å². The van der Waals surface area contributed by atoms with Gasteiger partial charge in [0.15, 0.2) is 5.84 Å². The van der Waals surface area contributed by atoms with E-state index in [1.807, 2.05) is 11.8 Å². The molecule has 0 saturated carbocycles. The summed E-state index contributed by atoms with van der Waals surface area (Å²) in [5.41, 5.74) is 5.77. The third-order valence-corrected chi connectivity index (χ3v) is 3.70. The zero-order valence-corrected chi connectivity index (χ0v) is 13.1. The van der Waals surface area contributed by atoms with Crippen LogP contribution in [0.15, 0.2) is 5.16 Å². The van der Waals surface area contributed by atoms with Gasteiger partial charge in [-0.3, -0.25) is 9.69 Å². The van der Waals surface area contributed by atoms with Crippen molar-refractivity contribution in [2.75, 3.05) is 39.4 Å². The Morgan fingerprint density at radius 3 is 2.48 bits per heavy atom. The highest BCUT2D eigenvalue weighted by Crippen LogP contribution is 2.12. The summed E-state index contributed by atoms with van der Waals surface area (Å²) in [6.07, 6.45) is 2.73. The summed E-state index contributed by atoms with van der Waals surface area (Å²) in [5.74, 6) is 0.293. The quantitative estimate of drug-likeness (QED) is 0.224. The van der Waals surface area contributed by atoms with Crippen molar-refractivity contribution in [1.29, 1.82) is 0 Å². The van der Waals surface area contributed by atoms with E-state index in [4.69, 9.17) is 15.7 Å². The molecule has 1 saturated heterocycles. The number of ether oxygens (including phenoxy) is 1. The number of amides is 1. The van der Waals surface area contributed by atoms with E-state index in [0.717, 1.165) is 32.4 Å². The van der Waals surface area contributed by atoms with Crippen molar-refractivity contribution in [3.8, 4) is 0 Å². The van der Waals surface area contributed by atoms with E-state index < -0.39 is 0 Å². The second kappa shape index (κ2) is 9.57. The van der Waals surface area contributed by atoms with Gasteiger partial charge in [0, 0.05) is 32.8 Å². The molecule has 21 heavy (non-hydrogen) atoms. The van der Waals surface area contributed by atoms with E-state index in [1.165, 1.54) is 0 Å². The Morgan fingerprint density at radius 2 is 1.95 bits per heavy atom. The Bertz CT molecular complexity index is 341. The fourth-order valence-corrected chi connectivity index (χ4v) is 2.54. The third kappa shape index (κ3) is 5.51. The van der Waals surface area contributed by atoms with Crippen LogP contribution in [0.25, 0.3) is 0 Å². The second-order valence-corrected chi connectivity index (χ2v) is 5.30. The molecule has 0 aliphatic carbocycles. The minimum atomic E-state index is -0.0476. The molecule has 0 aromatic rings. The van der Waals surface area contributed by atoms with Crippen molar-refractivity contribution in [3.63, 3.8) is 0 Å². The third-order valence-electron chi connectivity index (χ3n) is 3.70. The predicted molar refractivity (Wildman–Crippen MR) is 81.4 cm³/mol. The van der Waals surface area contributed by atoms with Gasteiger partial charge in [-0.1, -0.05) is 25.4 Å². The lowest BCUT2D eigenvalue weighted by atomic mass is 10.1. The molecule has 1 unspecified atom stereocenters. The van der Waals surface area contributed by atoms with Gasteiger partial charge < -0.3 is 20.6 Å². The molecule has 3 N–H and O–H groups in total. The van der Waals surface area contributed by atoms with Gasteiger partial charge in [-0.05, 0) is 12.8 Å². The van der Waals surface area contributed by atoms with E-state index >= 15 is 0 Å². The molecule has 1 aliphatic heterocycles. The van der Waals surface area contributed by atoms with E-state index in [2.05, 4.69) is 17.0 Å². The number of carbonyl (C=O) groups excluding carboxylic acids is 1. The van der Waals surface area contributed by atoms with Crippen molar-refractivity contribution >= 4 is 11.7 Å². The lowest BCUT2D eigenvalue weighted by Gasteiger charge is -2.38. The molecular formula is C14H28N4O3. The largest absolute Gasteiger partial charge is 0.409 e. The summed E-state index contributed by atoms with van der Waals surface area (Å²) in [5, 5.41) is 12.0. The van der Waals surface area contributed by atoms with Crippen molar-refractivity contribution in [2.24, 2.45) is 10.9 Å². The highest BCUT2D eigenvalue weighted by molar-refractivity contribution is 5.85. The number of hydrogen-bond donors (Lipinski definition) is 2. The molecule has 7 nitrogen and oxygen atoms in total. The minimum absolute atomic E-state index is 0.0407. The van der Waals surface area contributed by atoms with Gasteiger partial charge in [-0.25, -0.2) is 0 Å². The minimum Gasteiger partial charge on any atom is -0.409 e. The zero-order chi connectivity index (χ0) is 15.7. The summed E-state index contributed by atoms with van der Waals surface area (Å²) in [4.78, 5) is 16.0. The normalized spacial score (nSPS) is 18.8. The molecule has 1 atom stereocenters. The van der Waals surface area contributed by atoms with Gasteiger partial charge in [0.05, 0.1) is 6.04 Å². The van der Waals surface area contributed by atoms with Crippen LogP contribution in [0.2, 0.25) is 0 Å². The number of oxime groups is 1. The second-order valence-electron chi connectivity index (χ2n) is 5.30. The number of hydrogen-bond acceptors (Lipinski definition) is 5. The van der Waals surface area contributed by atoms with Crippen LogP contribution in [0.3, 0.4) is 0 Å². The SMILES string of the molecule is CCCOCC(=O)N1CCN(C(CCC)C(N)=NO)CC1. The first kappa shape index (κ1) is 17.7. The van der Waals surface area contributed by atoms with Gasteiger partial charge in [0.1, 0.15) is 6.61 Å². The molecular weight excluding hydrogens is 272 g/mol. The number of nitrogens with zero attached hydrogens (tertiary/aromatic N) is 3. The molecule has 1 heterocycles. The first-order valence-electron chi connectivity index (χ1n) is 7.71. The number of nitrogens with two attached hydrogens (primary N) is 1. The van der Waals surface area contributed by atoms with Gasteiger partial charge >= 0.3 is 0 Å². The van der Waals surface area contributed by atoms with Crippen molar-refractivity contribution in [2.45, 2.75) is 39.2 Å². The predicted octanol–water partition coefficient (Wildman–Crippen LogP) is 0.472. The highest BCUT2D eigenvalue weighted by atomic mass is 16.5. The number of carbonyl (C=O) groups is 1. The Balaban J connectivity index is 2.44. The standard InChI is InChI=1S/C14H28N4O3/c1-3-5-12(14(15)16-20)17-6-8-18(9-7-17)13(19)11-21-10-4-2/h12,20H,3-11H2,1-2H3,(H2,15,16). The maximum atomic E-state index is 12.0. The Labute approximate surface area is 126 Å². The average Bonchev–Trinajstić information content (AvgIpc) is 2.52. The van der Waals surface area contributed by atoms with Gasteiger partial charge in [-0.15, -0.1) is 0 Å². The summed E-state index contributed by atoms with van der Waals surface area (Å²) < 4.78 is 5.29. The Hall–Kier alpha value is -1.34. The van der Waals surface area contributed by atoms with Crippen LogP contribution in [0.5, 0.6) is 0 Å². The van der Waals surface area contributed by atoms with Crippen molar-refractivity contribution in [1.82, 2.24) is 9.80 Å². The molecule has 0 aromatic heterocycles. The summed E-state index contributed by atoms with van der Waals surface area (Å²) in [7, 11) is 0. The molecule has 0 aromatic carbocycles. The van der Waals surface area contributed by atoms with Crippen LogP contribution >= 0.6 is 0 Å². The summed E-state index contributed by atoms with van der Waals surface area (Å²) >= 11 is 0. The monoisotopic (exact) mass is 300 g/mol. The first-order valence-corrected chi connectivity index (χ1v) is 7.71. The summed E-state index contributed by atoms with van der Waals surface area (Å²) in [6.45, 7) is 7.66. The summed E-state index contributed by atoms with van der Waals surface area (Å²) in [6, 6.07) is -0.0476. The van der Waals surface area contributed by atoms with Gasteiger partial charge in [0.25, 0.3) is 0 Å². The lowest BCUT2D eigenvalue weighted by Crippen LogP contribution is -2.55. The maximum absolute atomic E-state index is 12.0. The van der Waals surface area contributed by atoms with Crippen LogP contribution < -0.4 is 5.73 Å². The topological polar surface area (TPSA) is 91.4 Å². The van der Waals surface area contributed by atoms with E-state index in [1.54, 1.807) is 0 Å². The molecule has 1 amide bonds. The fourth-order valence-electron chi connectivity index (χ4n) is 2.54. The van der Waals surface area contributed by atoms with Crippen molar-refractivity contribution in [3.05, 3.63) is 0 Å². The number of piperazine rings is 1. The van der Waals surface area contributed by atoms with Gasteiger partial charge in [-0.2, -0.15) is 0 Å². The molecule has 122 valence electrons. The first-order chi connectivity index (χ1) is 10.1. The molecule has 1 rings (SSSR count). The number of amidine groups is 1. The molecule has 7 heteroatoms. The lowest BCUT2D eigenvalue weighted by molar-refractivity contribution is -0.138. The Kier molecular flexibility index (Phi) is 8.07. The van der Waals surface area contributed by atoms with Gasteiger partial charge in [0.2, 0.25) is 5.91 Å². The van der Waals surface area contributed by atoms with E-state index in [-0.39, 0.29) is 24.4 Å². The van der Waals surface area contributed by atoms with Crippen LogP contribution in [-0.2, 0) is 9.53 Å². The molecule has 0 spiro atoms.